The lowest BCUT2D eigenvalue weighted by atomic mass is 9.86. The third-order valence-electron chi connectivity index (χ3n) is 6.19. The number of hydrogen-bond donors (Lipinski definition) is 0. The van der Waals surface area contributed by atoms with Gasteiger partial charge in [-0.3, -0.25) is 19.4 Å². The Bertz CT molecular complexity index is 936. The first-order valence-corrected chi connectivity index (χ1v) is 10.8. The third kappa shape index (κ3) is 5.70. The van der Waals surface area contributed by atoms with Gasteiger partial charge in [-0.2, -0.15) is 0 Å². The smallest absolute Gasteiger partial charge is 0.299 e. The highest BCUT2D eigenvalue weighted by molar-refractivity contribution is 6.52. The summed E-state index contributed by atoms with van der Waals surface area (Å²) in [6.07, 6.45) is 0. The summed E-state index contributed by atoms with van der Waals surface area (Å²) in [6, 6.07) is 16.4. The second kappa shape index (κ2) is 10.8. The van der Waals surface area contributed by atoms with Crippen LogP contribution in [0.4, 0.5) is 5.69 Å². The van der Waals surface area contributed by atoms with Crippen LogP contribution in [0.2, 0.25) is 0 Å². The summed E-state index contributed by atoms with van der Waals surface area (Å²) >= 11 is 0. The summed E-state index contributed by atoms with van der Waals surface area (Å²) in [7, 11) is 0. The topological polar surface area (TPSA) is 43.9 Å². The average Bonchev–Trinajstić information content (AvgIpc) is 2.97. The van der Waals surface area contributed by atoms with E-state index < -0.39 is 5.91 Å². The molecule has 2 aliphatic rings. The first-order chi connectivity index (χ1) is 14.3. The van der Waals surface area contributed by atoms with Crippen molar-refractivity contribution in [2.45, 2.75) is 32.7 Å². The van der Waals surface area contributed by atoms with E-state index in [0.29, 0.717) is 12.1 Å². The molecule has 7 heteroatoms. The van der Waals surface area contributed by atoms with Gasteiger partial charge in [0.05, 0.1) is 11.3 Å². The Kier molecular flexibility index (Phi) is 8.89. The molecule has 2 aromatic rings. The summed E-state index contributed by atoms with van der Waals surface area (Å²) in [6.45, 7) is 12.7. The quantitative estimate of drug-likeness (QED) is 0.605. The fraction of sp³-hybridized carbons (Fsp3) is 0.440. The highest BCUT2D eigenvalue weighted by atomic mass is 35.5. The summed E-state index contributed by atoms with van der Waals surface area (Å²) in [4.78, 5) is 31.7. The number of halogens is 2. The Morgan fingerprint density at radius 1 is 0.812 bits per heavy atom. The van der Waals surface area contributed by atoms with Crippen molar-refractivity contribution in [1.82, 2.24) is 9.80 Å². The summed E-state index contributed by atoms with van der Waals surface area (Å²) in [5.74, 6) is -0.762. The first kappa shape index (κ1) is 26.3. The van der Waals surface area contributed by atoms with Crippen LogP contribution in [0, 0.1) is 0 Å². The van der Waals surface area contributed by atoms with Crippen LogP contribution in [-0.4, -0.2) is 60.8 Å². The number of nitrogens with zero attached hydrogens (tertiary/aromatic N) is 3. The molecule has 1 fully saturated rings. The molecule has 0 spiro atoms. The number of carbonyl (C=O) groups is 2. The molecule has 0 bridgehead atoms. The van der Waals surface area contributed by atoms with Crippen molar-refractivity contribution in [3.63, 3.8) is 0 Å². The Hall–Kier alpha value is -1.92. The molecule has 1 amide bonds. The van der Waals surface area contributed by atoms with Gasteiger partial charge in [-0.15, -0.1) is 24.8 Å². The van der Waals surface area contributed by atoms with Crippen molar-refractivity contribution in [1.29, 1.82) is 0 Å². The number of fused-ring (bicyclic) bond motifs is 1. The zero-order valence-electron chi connectivity index (χ0n) is 19.0. The van der Waals surface area contributed by atoms with E-state index in [4.69, 9.17) is 0 Å². The van der Waals surface area contributed by atoms with Gasteiger partial charge in [0.15, 0.2) is 0 Å². The molecule has 1 saturated heterocycles. The molecule has 2 aliphatic heterocycles. The molecule has 0 saturated carbocycles. The maximum Gasteiger partial charge on any atom is 0.299 e. The van der Waals surface area contributed by atoms with Gasteiger partial charge in [-0.25, -0.2) is 0 Å². The van der Waals surface area contributed by atoms with Crippen molar-refractivity contribution in [2.24, 2.45) is 0 Å². The van der Waals surface area contributed by atoms with Gasteiger partial charge in [-0.05, 0) is 28.7 Å². The lowest BCUT2D eigenvalue weighted by molar-refractivity contribution is -0.114. The first-order valence-electron chi connectivity index (χ1n) is 10.8. The van der Waals surface area contributed by atoms with Gasteiger partial charge in [0.25, 0.3) is 11.7 Å². The fourth-order valence-corrected chi connectivity index (χ4v) is 4.24. The van der Waals surface area contributed by atoms with E-state index in [1.807, 2.05) is 24.3 Å². The van der Waals surface area contributed by atoms with Crippen molar-refractivity contribution >= 4 is 42.2 Å². The number of rotatable bonds is 5. The van der Waals surface area contributed by atoms with Gasteiger partial charge >= 0.3 is 0 Å². The molecule has 0 atom stereocenters. The molecule has 0 radical (unpaired) electrons. The van der Waals surface area contributed by atoms with Gasteiger partial charge in [-0.1, -0.05) is 57.2 Å². The molecule has 5 nitrogen and oxygen atoms in total. The lowest BCUT2D eigenvalue weighted by Crippen LogP contribution is -2.48. The number of piperazine rings is 1. The summed E-state index contributed by atoms with van der Waals surface area (Å²) in [5.41, 5.74) is 3.70. The van der Waals surface area contributed by atoms with Gasteiger partial charge in [0.1, 0.15) is 0 Å². The van der Waals surface area contributed by atoms with Crippen molar-refractivity contribution < 1.29 is 9.59 Å². The largest absolute Gasteiger partial charge is 0.303 e. The van der Waals surface area contributed by atoms with E-state index in [2.05, 4.69) is 54.8 Å². The molecule has 32 heavy (non-hydrogen) atoms. The molecule has 4 rings (SSSR count). The monoisotopic (exact) mass is 477 g/mol. The second-order valence-corrected chi connectivity index (χ2v) is 9.37. The van der Waals surface area contributed by atoms with E-state index in [9.17, 15) is 9.59 Å². The Morgan fingerprint density at radius 3 is 2.06 bits per heavy atom. The lowest BCUT2D eigenvalue weighted by Gasteiger charge is -2.35. The molecule has 0 aromatic heterocycles. The van der Waals surface area contributed by atoms with Gasteiger partial charge in [0, 0.05) is 45.8 Å². The number of ketones is 1. The fourth-order valence-electron chi connectivity index (χ4n) is 4.24. The normalized spacial score (nSPS) is 17.0. The zero-order chi connectivity index (χ0) is 21.3. The molecular formula is C25H33Cl2N3O2. The van der Waals surface area contributed by atoms with E-state index in [1.54, 1.807) is 4.90 Å². The van der Waals surface area contributed by atoms with E-state index in [0.717, 1.165) is 50.5 Å². The predicted molar refractivity (Wildman–Crippen MR) is 134 cm³/mol. The summed E-state index contributed by atoms with van der Waals surface area (Å²) in [5, 5.41) is 0. The molecule has 2 aromatic carbocycles. The number of Topliss-reactive ketones (excluding diaryl/α,β-unsaturated/α-hetero) is 1. The average molecular weight is 478 g/mol. The Labute approximate surface area is 203 Å². The maximum absolute atomic E-state index is 12.6. The Morgan fingerprint density at radius 2 is 1.44 bits per heavy atom. The van der Waals surface area contributed by atoms with Crippen LogP contribution >= 0.6 is 24.8 Å². The number of amides is 1. The highest BCUT2D eigenvalue weighted by Gasteiger charge is 2.36. The van der Waals surface area contributed by atoms with E-state index in [-0.39, 0.29) is 36.0 Å². The summed E-state index contributed by atoms with van der Waals surface area (Å²) < 4.78 is 0. The van der Waals surface area contributed by atoms with Crippen LogP contribution in [0.3, 0.4) is 0 Å². The van der Waals surface area contributed by atoms with E-state index >= 15 is 0 Å². The minimum absolute atomic E-state index is 0. The minimum Gasteiger partial charge on any atom is -0.303 e. The van der Waals surface area contributed by atoms with Crippen molar-refractivity contribution in [3.05, 3.63) is 65.2 Å². The van der Waals surface area contributed by atoms with Gasteiger partial charge in [0.2, 0.25) is 0 Å². The maximum atomic E-state index is 12.6. The van der Waals surface area contributed by atoms with Crippen LogP contribution < -0.4 is 4.90 Å². The third-order valence-corrected chi connectivity index (χ3v) is 6.19. The number of anilines is 1. The van der Waals surface area contributed by atoms with Crippen molar-refractivity contribution in [2.75, 3.05) is 44.2 Å². The predicted octanol–water partition coefficient (Wildman–Crippen LogP) is 4.17. The van der Waals surface area contributed by atoms with Gasteiger partial charge < -0.3 is 4.90 Å². The SMILES string of the molecule is CC(C)(C)c1ccc2c(c1)C(=O)C(=O)N2CCN1CCN(Cc2ccccc2)CC1.Cl.Cl. The molecule has 2 heterocycles. The molecule has 0 N–H and O–H groups in total. The van der Waals surface area contributed by atoms with Crippen LogP contribution in [0.15, 0.2) is 48.5 Å². The molecular weight excluding hydrogens is 445 g/mol. The minimum atomic E-state index is -0.390. The van der Waals surface area contributed by atoms with E-state index in [1.165, 1.54) is 5.56 Å². The second-order valence-electron chi connectivity index (χ2n) is 9.37. The molecule has 0 unspecified atom stereocenters. The molecule has 0 aliphatic carbocycles. The Balaban J connectivity index is 0.00000181. The number of benzene rings is 2. The molecule has 174 valence electrons. The van der Waals surface area contributed by atoms with Crippen LogP contribution in [0.5, 0.6) is 0 Å². The van der Waals surface area contributed by atoms with Crippen LogP contribution in [0.1, 0.15) is 42.3 Å². The standard InChI is InChI=1S/C25H31N3O2.2ClH/c1-25(2,3)20-9-10-22-21(17-20)23(29)24(30)28(22)16-15-26-11-13-27(14-12-26)18-19-7-5-4-6-8-19;;/h4-10,17H,11-16,18H2,1-3H3;2*1H. The number of hydrogen-bond acceptors (Lipinski definition) is 4. The number of carbonyl (C=O) groups excluding carboxylic acids is 2. The zero-order valence-corrected chi connectivity index (χ0v) is 20.7. The van der Waals surface area contributed by atoms with Crippen molar-refractivity contribution in [3.8, 4) is 0 Å². The van der Waals surface area contributed by atoms with Crippen LogP contribution in [-0.2, 0) is 16.8 Å². The highest BCUT2D eigenvalue weighted by Crippen LogP contribution is 2.33. The van der Waals surface area contributed by atoms with Crippen LogP contribution in [0.25, 0.3) is 0 Å².